The molecule has 0 aromatic carbocycles. The highest BCUT2D eigenvalue weighted by atomic mass is 35.5. The topological polar surface area (TPSA) is 52.8 Å². The monoisotopic (exact) mass is 264 g/mol. The molecular weight excluding hydrogens is 252 g/mol. The van der Waals surface area contributed by atoms with Gasteiger partial charge in [0.2, 0.25) is 0 Å². The quantitative estimate of drug-likeness (QED) is 0.783. The van der Waals surface area contributed by atoms with E-state index in [4.69, 9.17) is 16.3 Å². The number of hydrogen-bond donors (Lipinski definition) is 0. The predicted molar refractivity (Wildman–Crippen MR) is 69.3 cm³/mol. The molecule has 18 heavy (non-hydrogen) atoms. The van der Waals surface area contributed by atoms with Crippen molar-refractivity contribution in [3.63, 3.8) is 0 Å². The Morgan fingerprint density at radius 1 is 1.44 bits per heavy atom. The van der Waals surface area contributed by atoms with Crippen molar-refractivity contribution in [1.29, 1.82) is 0 Å². The smallest absolute Gasteiger partial charge is 0.167 e. The second-order valence-corrected chi connectivity index (χ2v) is 4.56. The molecule has 0 bridgehead atoms. The number of aromatic nitrogens is 4. The van der Waals surface area contributed by atoms with Crippen molar-refractivity contribution in [1.82, 2.24) is 19.5 Å². The van der Waals surface area contributed by atoms with Gasteiger partial charge >= 0.3 is 0 Å². The molecule has 2 aromatic heterocycles. The zero-order valence-electron chi connectivity index (χ0n) is 9.84. The second kappa shape index (κ2) is 4.66. The van der Waals surface area contributed by atoms with Gasteiger partial charge in [-0.05, 0) is 25.3 Å². The van der Waals surface area contributed by atoms with Crippen molar-refractivity contribution in [2.24, 2.45) is 0 Å². The lowest BCUT2D eigenvalue weighted by Crippen LogP contribution is -2.19. The van der Waals surface area contributed by atoms with Gasteiger partial charge in [0.15, 0.2) is 10.8 Å². The molecule has 1 aliphatic heterocycles. The van der Waals surface area contributed by atoms with Gasteiger partial charge in [0.05, 0.1) is 0 Å². The lowest BCUT2D eigenvalue weighted by Gasteiger charge is -2.24. The zero-order valence-corrected chi connectivity index (χ0v) is 10.6. The summed E-state index contributed by atoms with van der Waals surface area (Å²) >= 11 is 6.04. The summed E-state index contributed by atoms with van der Waals surface area (Å²) in [7, 11) is 0. The maximum Gasteiger partial charge on any atom is 0.167 e. The summed E-state index contributed by atoms with van der Waals surface area (Å²) in [6.07, 6.45) is 6.28. The van der Waals surface area contributed by atoms with Gasteiger partial charge in [-0.3, -0.25) is 4.57 Å². The van der Waals surface area contributed by atoms with Crippen LogP contribution < -0.4 is 0 Å². The van der Waals surface area contributed by atoms with Crippen molar-refractivity contribution in [2.75, 3.05) is 6.61 Å². The van der Waals surface area contributed by atoms with Crippen LogP contribution in [-0.4, -0.2) is 26.1 Å². The summed E-state index contributed by atoms with van der Waals surface area (Å²) in [6, 6.07) is 0. The zero-order chi connectivity index (χ0) is 12.5. The van der Waals surface area contributed by atoms with Crippen LogP contribution in [0.3, 0.4) is 0 Å². The second-order valence-electron chi connectivity index (χ2n) is 4.20. The van der Waals surface area contributed by atoms with E-state index in [0.717, 1.165) is 31.7 Å². The van der Waals surface area contributed by atoms with Crippen LogP contribution >= 0.6 is 11.6 Å². The van der Waals surface area contributed by atoms with E-state index < -0.39 is 0 Å². The molecule has 1 atom stereocenters. The first-order chi connectivity index (χ1) is 8.81. The summed E-state index contributed by atoms with van der Waals surface area (Å²) in [5.74, 6) is 0.722. The van der Waals surface area contributed by atoms with E-state index in [1.54, 1.807) is 6.08 Å². The molecule has 3 rings (SSSR count). The number of rotatable bonds is 2. The van der Waals surface area contributed by atoms with Gasteiger partial charge in [-0.25, -0.2) is 15.0 Å². The van der Waals surface area contributed by atoms with Gasteiger partial charge in [0, 0.05) is 6.61 Å². The minimum absolute atomic E-state index is 0.0392. The van der Waals surface area contributed by atoms with E-state index in [-0.39, 0.29) is 6.23 Å². The fourth-order valence-electron chi connectivity index (χ4n) is 2.25. The van der Waals surface area contributed by atoms with Crippen LogP contribution in [0, 0.1) is 0 Å². The molecule has 1 fully saturated rings. The molecule has 3 heterocycles. The van der Waals surface area contributed by atoms with E-state index in [0.29, 0.717) is 16.3 Å². The summed E-state index contributed by atoms with van der Waals surface area (Å²) < 4.78 is 7.74. The molecule has 0 amide bonds. The van der Waals surface area contributed by atoms with Crippen LogP contribution in [0.4, 0.5) is 0 Å². The molecule has 0 N–H and O–H groups in total. The summed E-state index contributed by atoms with van der Waals surface area (Å²) in [5, 5.41) is 0.359. The standard InChI is InChI=1S/C12H13ClN4O/c1-2-8-16-10-11(13)14-7-15-12(10)17(8)9-5-3-4-6-18-9/h2,7,9H,1,3-6H2. The average molecular weight is 265 g/mol. The van der Waals surface area contributed by atoms with Crippen LogP contribution in [0.2, 0.25) is 5.15 Å². The van der Waals surface area contributed by atoms with E-state index >= 15 is 0 Å². The molecule has 6 heteroatoms. The number of fused-ring (bicyclic) bond motifs is 1. The Bertz CT molecular complexity index is 589. The van der Waals surface area contributed by atoms with E-state index in [2.05, 4.69) is 21.5 Å². The molecule has 1 saturated heterocycles. The molecule has 1 unspecified atom stereocenters. The Balaban J connectivity index is 2.19. The minimum atomic E-state index is -0.0392. The predicted octanol–water partition coefficient (Wildman–Crippen LogP) is 2.82. The highest BCUT2D eigenvalue weighted by Gasteiger charge is 2.22. The highest BCUT2D eigenvalue weighted by Crippen LogP contribution is 2.29. The number of nitrogens with zero attached hydrogens (tertiary/aromatic N) is 4. The van der Waals surface area contributed by atoms with Crippen molar-refractivity contribution in [2.45, 2.75) is 25.5 Å². The Morgan fingerprint density at radius 2 is 2.33 bits per heavy atom. The third kappa shape index (κ3) is 1.79. The van der Waals surface area contributed by atoms with Gasteiger partial charge in [-0.1, -0.05) is 18.2 Å². The highest BCUT2D eigenvalue weighted by molar-refractivity contribution is 6.33. The number of hydrogen-bond acceptors (Lipinski definition) is 4. The van der Waals surface area contributed by atoms with Crippen molar-refractivity contribution < 1.29 is 4.74 Å². The van der Waals surface area contributed by atoms with Gasteiger partial charge in [0.25, 0.3) is 0 Å². The summed E-state index contributed by atoms with van der Waals surface area (Å²) in [4.78, 5) is 12.6. The number of imidazole rings is 1. The molecule has 0 radical (unpaired) electrons. The van der Waals surface area contributed by atoms with E-state index in [9.17, 15) is 0 Å². The third-order valence-corrected chi connectivity index (χ3v) is 3.36. The first-order valence-corrected chi connectivity index (χ1v) is 6.31. The molecule has 0 saturated carbocycles. The number of ether oxygens (including phenoxy) is 1. The molecular formula is C12H13ClN4O. The SMILES string of the molecule is C=Cc1nc2c(Cl)ncnc2n1C1CCCCO1. The van der Waals surface area contributed by atoms with Crippen LogP contribution in [0.25, 0.3) is 17.2 Å². The minimum Gasteiger partial charge on any atom is -0.358 e. The number of halogens is 1. The van der Waals surface area contributed by atoms with Crippen molar-refractivity contribution in [3.8, 4) is 0 Å². The van der Waals surface area contributed by atoms with Crippen LogP contribution in [-0.2, 0) is 4.74 Å². The Kier molecular flexibility index (Phi) is 3.01. The van der Waals surface area contributed by atoms with Crippen molar-refractivity contribution >= 4 is 28.8 Å². The Hall–Kier alpha value is -1.46. The van der Waals surface area contributed by atoms with Gasteiger partial charge in [-0.15, -0.1) is 0 Å². The average Bonchev–Trinajstić information content (AvgIpc) is 2.80. The van der Waals surface area contributed by atoms with Gasteiger partial charge < -0.3 is 4.74 Å². The van der Waals surface area contributed by atoms with Crippen LogP contribution in [0.5, 0.6) is 0 Å². The fourth-order valence-corrected chi connectivity index (χ4v) is 2.42. The normalized spacial score (nSPS) is 20.2. The first kappa shape index (κ1) is 11.6. The van der Waals surface area contributed by atoms with Crippen LogP contribution in [0.15, 0.2) is 12.9 Å². The molecule has 1 aliphatic rings. The van der Waals surface area contributed by atoms with Crippen molar-refractivity contribution in [3.05, 3.63) is 23.9 Å². The largest absolute Gasteiger partial charge is 0.358 e. The fraction of sp³-hybridized carbons (Fsp3) is 0.417. The summed E-state index contributed by atoms with van der Waals surface area (Å²) in [6.45, 7) is 4.54. The lowest BCUT2D eigenvalue weighted by atomic mass is 10.2. The molecule has 94 valence electrons. The molecule has 5 nitrogen and oxygen atoms in total. The Labute approximate surface area is 109 Å². The third-order valence-electron chi connectivity index (χ3n) is 3.09. The lowest BCUT2D eigenvalue weighted by molar-refractivity contribution is -0.0301. The van der Waals surface area contributed by atoms with E-state index in [1.807, 2.05) is 4.57 Å². The van der Waals surface area contributed by atoms with Gasteiger partial charge in [0.1, 0.15) is 23.9 Å². The molecule has 0 aliphatic carbocycles. The molecule has 2 aromatic rings. The first-order valence-electron chi connectivity index (χ1n) is 5.93. The van der Waals surface area contributed by atoms with Gasteiger partial charge in [-0.2, -0.15) is 0 Å². The maximum absolute atomic E-state index is 6.04. The Morgan fingerprint density at radius 3 is 3.06 bits per heavy atom. The van der Waals surface area contributed by atoms with Crippen LogP contribution in [0.1, 0.15) is 31.3 Å². The summed E-state index contributed by atoms with van der Waals surface area (Å²) in [5.41, 5.74) is 1.31. The van der Waals surface area contributed by atoms with E-state index in [1.165, 1.54) is 6.33 Å². The maximum atomic E-state index is 6.04. The molecule has 0 spiro atoms.